The van der Waals surface area contributed by atoms with Crippen molar-refractivity contribution in [3.8, 4) is 0 Å². The molecule has 0 bridgehead atoms. The van der Waals surface area contributed by atoms with Crippen LogP contribution in [0.15, 0.2) is 65.1 Å². The quantitative estimate of drug-likeness (QED) is 0.625. The molecule has 0 heterocycles. The van der Waals surface area contributed by atoms with E-state index >= 15 is 0 Å². The zero-order valence-electron chi connectivity index (χ0n) is 10.7. The van der Waals surface area contributed by atoms with Gasteiger partial charge in [-0.1, -0.05) is 48.0 Å². The van der Waals surface area contributed by atoms with E-state index in [0.29, 0.717) is 0 Å². The third-order valence-electron chi connectivity index (χ3n) is 3.23. The predicted octanol–water partition coefficient (Wildman–Crippen LogP) is 5.87. The van der Waals surface area contributed by atoms with E-state index < -0.39 is 0 Å². The highest BCUT2D eigenvalue weighted by molar-refractivity contribution is 9.10. The number of hydrogen-bond acceptors (Lipinski definition) is 1. The second kappa shape index (κ2) is 5.86. The topological polar surface area (TPSA) is 12.0 Å². The molecule has 0 radical (unpaired) electrons. The number of benzene rings is 3. The van der Waals surface area contributed by atoms with Gasteiger partial charge < -0.3 is 5.32 Å². The molecule has 0 amide bonds. The molecular formula is C17H13BrClN. The van der Waals surface area contributed by atoms with Crippen LogP contribution in [0.25, 0.3) is 10.8 Å². The van der Waals surface area contributed by atoms with E-state index in [1.807, 2.05) is 18.2 Å². The van der Waals surface area contributed by atoms with Gasteiger partial charge in [-0.15, -0.1) is 0 Å². The first kappa shape index (κ1) is 13.5. The summed E-state index contributed by atoms with van der Waals surface area (Å²) in [6.45, 7) is 0.772. The van der Waals surface area contributed by atoms with E-state index in [1.54, 1.807) is 0 Å². The third-order valence-corrected chi connectivity index (χ3v) is 4.44. The minimum Gasteiger partial charge on any atom is -0.381 e. The van der Waals surface area contributed by atoms with Crippen molar-refractivity contribution in [2.24, 2.45) is 0 Å². The molecule has 20 heavy (non-hydrogen) atoms. The molecule has 0 aromatic heterocycles. The minimum absolute atomic E-state index is 0.736. The van der Waals surface area contributed by atoms with Crippen LogP contribution in [0, 0.1) is 0 Å². The van der Waals surface area contributed by atoms with Crippen molar-refractivity contribution in [2.45, 2.75) is 6.54 Å². The summed E-state index contributed by atoms with van der Waals surface area (Å²) in [6.07, 6.45) is 0. The molecule has 0 aliphatic rings. The highest BCUT2D eigenvalue weighted by Crippen LogP contribution is 2.24. The van der Waals surface area contributed by atoms with Gasteiger partial charge in [-0.05, 0) is 56.5 Å². The Morgan fingerprint density at radius 2 is 1.70 bits per heavy atom. The first-order valence-corrected chi connectivity index (χ1v) is 7.56. The van der Waals surface area contributed by atoms with E-state index in [4.69, 9.17) is 11.6 Å². The second-order valence-electron chi connectivity index (χ2n) is 4.66. The van der Waals surface area contributed by atoms with Crippen LogP contribution in [0.5, 0.6) is 0 Å². The number of hydrogen-bond donors (Lipinski definition) is 1. The Labute approximate surface area is 131 Å². The van der Waals surface area contributed by atoms with Crippen molar-refractivity contribution in [1.29, 1.82) is 0 Å². The Bertz CT molecular complexity index is 755. The standard InChI is InChI=1S/C17H13BrClN/c18-16-9-12(5-8-17(16)19)11-20-15-7-6-13-3-1-2-4-14(13)10-15/h1-10,20H,11H2. The van der Waals surface area contributed by atoms with Crippen LogP contribution in [0.3, 0.4) is 0 Å². The lowest BCUT2D eigenvalue weighted by Gasteiger charge is -2.08. The summed E-state index contributed by atoms with van der Waals surface area (Å²) in [7, 11) is 0. The van der Waals surface area contributed by atoms with Gasteiger partial charge >= 0.3 is 0 Å². The Kier molecular flexibility index (Phi) is 3.95. The van der Waals surface area contributed by atoms with Crippen LogP contribution in [-0.2, 0) is 6.54 Å². The van der Waals surface area contributed by atoms with Crippen LogP contribution in [-0.4, -0.2) is 0 Å². The summed E-state index contributed by atoms with van der Waals surface area (Å²) >= 11 is 9.44. The van der Waals surface area contributed by atoms with E-state index in [9.17, 15) is 0 Å². The molecule has 1 N–H and O–H groups in total. The summed E-state index contributed by atoms with van der Waals surface area (Å²) in [6, 6.07) is 20.7. The van der Waals surface area contributed by atoms with Crippen LogP contribution in [0.4, 0.5) is 5.69 Å². The second-order valence-corrected chi connectivity index (χ2v) is 5.93. The molecule has 3 heteroatoms. The first-order valence-electron chi connectivity index (χ1n) is 6.39. The van der Waals surface area contributed by atoms with E-state index in [1.165, 1.54) is 16.3 Å². The predicted molar refractivity (Wildman–Crippen MR) is 90.4 cm³/mol. The van der Waals surface area contributed by atoms with Crippen molar-refractivity contribution in [3.05, 3.63) is 75.7 Å². The van der Waals surface area contributed by atoms with Crippen LogP contribution in [0.2, 0.25) is 5.02 Å². The van der Waals surface area contributed by atoms with Gasteiger partial charge in [-0.3, -0.25) is 0 Å². The van der Waals surface area contributed by atoms with Gasteiger partial charge in [-0.2, -0.15) is 0 Å². The van der Waals surface area contributed by atoms with E-state index in [-0.39, 0.29) is 0 Å². The van der Waals surface area contributed by atoms with Gasteiger partial charge in [0.15, 0.2) is 0 Å². The molecule has 3 aromatic carbocycles. The average molecular weight is 347 g/mol. The Balaban J connectivity index is 1.77. The zero-order valence-corrected chi connectivity index (χ0v) is 13.1. The Morgan fingerprint density at radius 1 is 0.900 bits per heavy atom. The smallest absolute Gasteiger partial charge is 0.0548 e. The molecular weight excluding hydrogens is 334 g/mol. The molecule has 0 saturated heterocycles. The van der Waals surface area contributed by atoms with Crippen molar-refractivity contribution < 1.29 is 0 Å². The van der Waals surface area contributed by atoms with Crippen LogP contribution < -0.4 is 5.32 Å². The molecule has 0 spiro atoms. The molecule has 100 valence electrons. The average Bonchev–Trinajstić information content (AvgIpc) is 2.48. The summed E-state index contributed by atoms with van der Waals surface area (Å²) in [5.74, 6) is 0. The van der Waals surface area contributed by atoms with Crippen molar-refractivity contribution in [1.82, 2.24) is 0 Å². The normalized spacial score (nSPS) is 10.7. The van der Waals surface area contributed by atoms with Crippen molar-refractivity contribution in [2.75, 3.05) is 5.32 Å². The summed E-state index contributed by atoms with van der Waals surface area (Å²) in [5.41, 5.74) is 2.31. The number of nitrogens with one attached hydrogen (secondary N) is 1. The summed E-state index contributed by atoms with van der Waals surface area (Å²) in [5, 5.41) is 6.67. The van der Waals surface area contributed by atoms with Gasteiger partial charge in [0.05, 0.1) is 5.02 Å². The highest BCUT2D eigenvalue weighted by Gasteiger charge is 2.00. The molecule has 0 aliphatic carbocycles. The SMILES string of the molecule is Clc1ccc(CNc2ccc3ccccc3c2)cc1Br. The number of anilines is 1. The highest BCUT2D eigenvalue weighted by atomic mass is 79.9. The first-order chi connectivity index (χ1) is 9.72. The maximum Gasteiger partial charge on any atom is 0.0548 e. The summed E-state index contributed by atoms with van der Waals surface area (Å²) in [4.78, 5) is 0. The molecule has 0 aliphatic heterocycles. The Morgan fingerprint density at radius 3 is 2.50 bits per heavy atom. The number of halogens is 2. The van der Waals surface area contributed by atoms with E-state index in [0.717, 1.165) is 21.7 Å². The molecule has 0 unspecified atom stereocenters. The minimum atomic E-state index is 0.736. The fourth-order valence-electron chi connectivity index (χ4n) is 2.15. The zero-order chi connectivity index (χ0) is 13.9. The summed E-state index contributed by atoms with van der Waals surface area (Å²) < 4.78 is 0.928. The molecule has 0 fully saturated rings. The maximum atomic E-state index is 6.00. The largest absolute Gasteiger partial charge is 0.381 e. The van der Waals surface area contributed by atoms with Crippen molar-refractivity contribution >= 4 is 44.0 Å². The van der Waals surface area contributed by atoms with Crippen LogP contribution in [0.1, 0.15) is 5.56 Å². The van der Waals surface area contributed by atoms with Crippen molar-refractivity contribution in [3.63, 3.8) is 0 Å². The van der Waals surface area contributed by atoms with Gasteiger partial charge in [0.25, 0.3) is 0 Å². The molecule has 1 nitrogen and oxygen atoms in total. The third kappa shape index (κ3) is 2.97. The fourth-order valence-corrected chi connectivity index (χ4v) is 2.70. The number of fused-ring (bicyclic) bond motifs is 1. The van der Waals surface area contributed by atoms with Gasteiger partial charge in [0.2, 0.25) is 0 Å². The lowest BCUT2D eigenvalue weighted by molar-refractivity contribution is 1.15. The molecule has 3 aromatic rings. The van der Waals surface area contributed by atoms with Crippen LogP contribution >= 0.6 is 27.5 Å². The van der Waals surface area contributed by atoms with Gasteiger partial charge in [0, 0.05) is 16.7 Å². The monoisotopic (exact) mass is 345 g/mol. The van der Waals surface area contributed by atoms with E-state index in [2.05, 4.69) is 63.7 Å². The Hall–Kier alpha value is -1.51. The maximum absolute atomic E-state index is 6.00. The number of rotatable bonds is 3. The van der Waals surface area contributed by atoms with Gasteiger partial charge in [0.1, 0.15) is 0 Å². The molecule has 3 rings (SSSR count). The molecule has 0 saturated carbocycles. The van der Waals surface area contributed by atoms with Gasteiger partial charge in [-0.25, -0.2) is 0 Å². The lowest BCUT2D eigenvalue weighted by Crippen LogP contribution is -1.99. The molecule has 0 atom stereocenters. The fraction of sp³-hybridized carbons (Fsp3) is 0.0588. The lowest BCUT2D eigenvalue weighted by atomic mass is 10.1.